The standard InChI is InChI=1S/C19H34N2/c1-3-5-6-7-8-9-12-19(21-15-4-2)14-13-18-11-10-16-20-17-18/h10-11,16-17,19,21H,3-9,12-15H2,1-2H3. The lowest BCUT2D eigenvalue weighted by Gasteiger charge is -2.18. The second-order valence-electron chi connectivity index (χ2n) is 6.11. The summed E-state index contributed by atoms with van der Waals surface area (Å²) in [5.41, 5.74) is 1.36. The van der Waals surface area contributed by atoms with Crippen LogP contribution >= 0.6 is 0 Å². The summed E-state index contributed by atoms with van der Waals surface area (Å²) in [6.07, 6.45) is 17.1. The van der Waals surface area contributed by atoms with E-state index in [1.54, 1.807) is 0 Å². The number of aromatic nitrogens is 1. The fourth-order valence-corrected chi connectivity index (χ4v) is 2.75. The molecule has 2 nitrogen and oxygen atoms in total. The minimum Gasteiger partial charge on any atom is -0.314 e. The largest absolute Gasteiger partial charge is 0.314 e. The van der Waals surface area contributed by atoms with Gasteiger partial charge in [-0.25, -0.2) is 0 Å². The van der Waals surface area contributed by atoms with Gasteiger partial charge in [-0.05, 0) is 43.9 Å². The lowest BCUT2D eigenvalue weighted by Crippen LogP contribution is -2.30. The summed E-state index contributed by atoms with van der Waals surface area (Å²) >= 11 is 0. The van der Waals surface area contributed by atoms with Crippen LogP contribution in [0.2, 0.25) is 0 Å². The van der Waals surface area contributed by atoms with E-state index in [1.165, 1.54) is 63.4 Å². The van der Waals surface area contributed by atoms with Crippen LogP contribution in [0.25, 0.3) is 0 Å². The van der Waals surface area contributed by atoms with Crippen LogP contribution < -0.4 is 5.32 Å². The van der Waals surface area contributed by atoms with Gasteiger partial charge in [-0.15, -0.1) is 0 Å². The Morgan fingerprint density at radius 3 is 2.52 bits per heavy atom. The molecule has 2 heteroatoms. The molecule has 0 aromatic carbocycles. The van der Waals surface area contributed by atoms with Crippen LogP contribution in [-0.4, -0.2) is 17.6 Å². The van der Waals surface area contributed by atoms with Crippen LogP contribution in [0.15, 0.2) is 24.5 Å². The highest BCUT2D eigenvalue weighted by atomic mass is 14.9. The third kappa shape index (κ3) is 9.62. The van der Waals surface area contributed by atoms with Crippen LogP contribution in [0.1, 0.15) is 77.2 Å². The van der Waals surface area contributed by atoms with E-state index in [2.05, 4.69) is 30.2 Å². The van der Waals surface area contributed by atoms with E-state index in [0.717, 1.165) is 13.0 Å². The number of aryl methyl sites for hydroxylation is 1. The molecule has 1 N–H and O–H groups in total. The van der Waals surface area contributed by atoms with E-state index in [-0.39, 0.29) is 0 Å². The van der Waals surface area contributed by atoms with Crippen molar-refractivity contribution in [1.29, 1.82) is 0 Å². The van der Waals surface area contributed by atoms with Gasteiger partial charge in [0.15, 0.2) is 0 Å². The second kappa shape index (κ2) is 12.8. The van der Waals surface area contributed by atoms with Crippen LogP contribution in [0.3, 0.4) is 0 Å². The Morgan fingerprint density at radius 2 is 1.81 bits per heavy atom. The monoisotopic (exact) mass is 290 g/mol. The van der Waals surface area contributed by atoms with Crippen molar-refractivity contribution in [3.8, 4) is 0 Å². The average molecular weight is 290 g/mol. The smallest absolute Gasteiger partial charge is 0.0299 e. The van der Waals surface area contributed by atoms with Gasteiger partial charge >= 0.3 is 0 Å². The lowest BCUT2D eigenvalue weighted by molar-refractivity contribution is 0.430. The van der Waals surface area contributed by atoms with Crippen molar-refractivity contribution >= 4 is 0 Å². The molecule has 0 fully saturated rings. The number of hydrogen-bond acceptors (Lipinski definition) is 2. The highest BCUT2D eigenvalue weighted by Gasteiger charge is 2.07. The summed E-state index contributed by atoms with van der Waals surface area (Å²) in [6.45, 7) is 5.67. The maximum atomic E-state index is 4.21. The van der Waals surface area contributed by atoms with Gasteiger partial charge in [-0.3, -0.25) is 4.98 Å². The van der Waals surface area contributed by atoms with Gasteiger partial charge in [0.2, 0.25) is 0 Å². The van der Waals surface area contributed by atoms with Gasteiger partial charge in [0, 0.05) is 18.4 Å². The van der Waals surface area contributed by atoms with Crippen molar-refractivity contribution in [2.24, 2.45) is 0 Å². The molecule has 0 bridgehead atoms. The Balaban J connectivity index is 2.20. The van der Waals surface area contributed by atoms with Crippen molar-refractivity contribution in [3.63, 3.8) is 0 Å². The van der Waals surface area contributed by atoms with Gasteiger partial charge in [0.1, 0.15) is 0 Å². The molecule has 0 saturated carbocycles. The molecule has 1 heterocycles. The zero-order valence-corrected chi connectivity index (χ0v) is 14.1. The molecule has 120 valence electrons. The Morgan fingerprint density at radius 1 is 1.00 bits per heavy atom. The summed E-state index contributed by atoms with van der Waals surface area (Å²) in [4.78, 5) is 4.21. The molecule has 0 aliphatic rings. The highest BCUT2D eigenvalue weighted by molar-refractivity contribution is 5.08. The minimum absolute atomic E-state index is 0.677. The number of rotatable bonds is 13. The van der Waals surface area contributed by atoms with Crippen LogP contribution in [0.4, 0.5) is 0 Å². The fraction of sp³-hybridized carbons (Fsp3) is 0.737. The molecule has 0 spiro atoms. The van der Waals surface area contributed by atoms with Gasteiger partial charge in [-0.2, -0.15) is 0 Å². The second-order valence-corrected chi connectivity index (χ2v) is 6.11. The summed E-state index contributed by atoms with van der Waals surface area (Å²) in [7, 11) is 0. The summed E-state index contributed by atoms with van der Waals surface area (Å²) in [5.74, 6) is 0. The number of nitrogens with zero attached hydrogens (tertiary/aromatic N) is 1. The lowest BCUT2D eigenvalue weighted by atomic mass is 10.00. The molecular weight excluding hydrogens is 256 g/mol. The normalized spacial score (nSPS) is 12.5. The van der Waals surface area contributed by atoms with Crippen molar-refractivity contribution in [2.75, 3.05) is 6.54 Å². The first-order chi connectivity index (χ1) is 10.4. The molecule has 0 aliphatic carbocycles. The Bertz CT molecular complexity index is 324. The minimum atomic E-state index is 0.677. The Kier molecular flexibility index (Phi) is 11.1. The van der Waals surface area contributed by atoms with Crippen molar-refractivity contribution in [3.05, 3.63) is 30.1 Å². The SMILES string of the molecule is CCCCCCCCC(CCc1cccnc1)NCCC. The molecule has 1 unspecified atom stereocenters. The third-order valence-electron chi connectivity index (χ3n) is 4.09. The van der Waals surface area contributed by atoms with E-state index in [0.29, 0.717) is 6.04 Å². The molecule has 1 aromatic rings. The molecule has 0 aliphatic heterocycles. The van der Waals surface area contributed by atoms with E-state index < -0.39 is 0 Å². The number of unbranched alkanes of at least 4 members (excludes halogenated alkanes) is 5. The molecular formula is C19H34N2. The molecule has 0 amide bonds. The van der Waals surface area contributed by atoms with Gasteiger partial charge < -0.3 is 5.32 Å². The summed E-state index contributed by atoms with van der Waals surface area (Å²) < 4.78 is 0. The fourth-order valence-electron chi connectivity index (χ4n) is 2.75. The molecule has 0 radical (unpaired) electrons. The summed E-state index contributed by atoms with van der Waals surface area (Å²) in [5, 5.41) is 3.72. The predicted molar refractivity (Wildman–Crippen MR) is 92.6 cm³/mol. The van der Waals surface area contributed by atoms with Crippen LogP contribution in [0, 0.1) is 0 Å². The van der Waals surface area contributed by atoms with Crippen LogP contribution in [0.5, 0.6) is 0 Å². The van der Waals surface area contributed by atoms with Crippen LogP contribution in [-0.2, 0) is 6.42 Å². The van der Waals surface area contributed by atoms with Crippen molar-refractivity contribution in [1.82, 2.24) is 10.3 Å². The molecule has 1 atom stereocenters. The molecule has 1 rings (SSSR count). The average Bonchev–Trinajstić information content (AvgIpc) is 2.53. The molecule has 1 aromatic heterocycles. The van der Waals surface area contributed by atoms with E-state index in [9.17, 15) is 0 Å². The van der Waals surface area contributed by atoms with E-state index in [1.807, 2.05) is 18.5 Å². The first-order valence-electron chi connectivity index (χ1n) is 8.99. The molecule has 21 heavy (non-hydrogen) atoms. The number of pyridine rings is 1. The third-order valence-corrected chi connectivity index (χ3v) is 4.09. The van der Waals surface area contributed by atoms with Crippen molar-refractivity contribution < 1.29 is 0 Å². The topological polar surface area (TPSA) is 24.9 Å². The first-order valence-corrected chi connectivity index (χ1v) is 8.99. The predicted octanol–water partition coefficient (Wildman–Crippen LogP) is 5.13. The van der Waals surface area contributed by atoms with Crippen molar-refractivity contribution in [2.45, 2.75) is 84.1 Å². The van der Waals surface area contributed by atoms with Gasteiger partial charge in [0.05, 0.1) is 0 Å². The number of nitrogens with one attached hydrogen (secondary N) is 1. The number of hydrogen-bond donors (Lipinski definition) is 1. The van der Waals surface area contributed by atoms with Gasteiger partial charge in [0.25, 0.3) is 0 Å². The maximum Gasteiger partial charge on any atom is 0.0299 e. The quantitative estimate of drug-likeness (QED) is 0.509. The van der Waals surface area contributed by atoms with E-state index in [4.69, 9.17) is 0 Å². The zero-order chi connectivity index (χ0) is 15.2. The Labute approximate surface area is 131 Å². The summed E-state index contributed by atoms with van der Waals surface area (Å²) in [6, 6.07) is 4.91. The maximum absolute atomic E-state index is 4.21. The molecule has 0 saturated heterocycles. The Hall–Kier alpha value is -0.890. The van der Waals surface area contributed by atoms with Gasteiger partial charge in [-0.1, -0.05) is 58.4 Å². The zero-order valence-electron chi connectivity index (χ0n) is 14.1. The van der Waals surface area contributed by atoms with E-state index >= 15 is 0 Å². The highest BCUT2D eigenvalue weighted by Crippen LogP contribution is 2.12. The first kappa shape index (κ1) is 18.2.